The lowest BCUT2D eigenvalue weighted by atomic mass is 10.0. The van der Waals surface area contributed by atoms with Gasteiger partial charge in [0.2, 0.25) is 17.7 Å². The molecule has 0 aromatic rings. The number of hydrogen-bond acceptors (Lipinski definition) is 5. The van der Waals surface area contributed by atoms with Gasteiger partial charge in [-0.05, 0) is 19.3 Å². The Balaban J connectivity index is 4.79. The zero-order chi connectivity index (χ0) is 18.0. The highest BCUT2D eigenvalue weighted by atomic mass is 16.5. The van der Waals surface area contributed by atoms with Gasteiger partial charge in [0, 0.05) is 13.0 Å². The lowest BCUT2D eigenvalue weighted by Gasteiger charge is -2.23. The van der Waals surface area contributed by atoms with Crippen LogP contribution in [0.1, 0.15) is 34.1 Å². The molecule has 4 N–H and O–H groups in total. The molecule has 0 bridgehead atoms. The van der Waals surface area contributed by atoms with Gasteiger partial charge < -0.3 is 21.1 Å². The summed E-state index contributed by atoms with van der Waals surface area (Å²) in [5.41, 5.74) is 5.25. The number of rotatable bonds is 9. The summed E-state index contributed by atoms with van der Waals surface area (Å²) >= 11 is 0. The first-order valence-corrected chi connectivity index (χ1v) is 7.39. The summed E-state index contributed by atoms with van der Waals surface area (Å²) in [5.74, 6) is -2.31. The Morgan fingerprint density at radius 3 is 2.22 bits per heavy atom. The van der Waals surface area contributed by atoms with Crippen LogP contribution in [0.25, 0.3) is 0 Å². The maximum absolute atomic E-state index is 12.2. The van der Waals surface area contributed by atoms with Crippen LogP contribution in [0.3, 0.4) is 0 Å². The van der Waals surface area contributed by atoms with E-state index >= 15 is 0 Å². The lowest BCUT2D eigenvalue weighted by molar-refractivity contribution is -0.137. The van der Waals surface area contributed by atoms with E-state index in [2.05, 4.69) is 10.6 Å². The number of esters is 1. The molecular formula is C15H25N3O5. The second-order valence-corrected chi connectivity index (χ2v) is 5.28. The predicted octanol–water partition coefficient (Wildman–Crippen LogP) is -0.373. The molecule has 0 fully saturated rings. The van der Waals surface area contributed by atoms with Crippen LogP contribution < -0.4 is 16.4 Å². The van der Waals surface area contributed by atoms with Gasteiger partial charge in [-0.15, -0.1) is 0 Å². The van der Waals surface area contributed by atoms with E-state index in [1.807, 2.05) is 0 Å². The van der Waals surface area contributed by atoms with E-state index in [-0.39, 0.29) is 24.9 Å². The maximum Gasteiger partial charge on any atom is 0.330 e. The predicted molar refractivity (Wildman–Crippen MR) is 84.0 cm³/mol. The Bertz CT molecular complexity index is 474. The minimum atomic E-state index is -0.983. The highest BCUT2D eigenvalue weighted by Crippen LogP contribution is 2.04. The van der Waals surface area contributed by atoms with Crippen molar-refractivity contribution in [2.45, 2.75) is 46.2 Å². The van der Waals surface area contributed by atoms with Crippen LogP contribution in [0.5, 0.6) is 0 Å². The van der Waals surface area contributed by atoms with Gasteiger partial charge in [-0.1, -0.05) is 19.9 Å². The van der Waals surface area contributed by atoms with Gasteiger partial charge >= 0.3 is 5.97 Å². The quantitative estimate of drug-likeness (QED) is 0.393. The highest BCUT2D eigenvalue weighted by molar-refractivity contribution is 5.91. The summed E-state index contributed by atoms with van der Waals surface area (Å²) in [6.45, 7) is 6.74. The molecule has 0 aliphatic heterocycles. The van der Waals surface area contributed by atoms with Crippen LogP contribution in [0.2, 0.25) is 0 Å². The number of amides is 3. The van der Waals surface area contributed by atoms with Gasteiger partial charge in [-0.25, -0.2) is 4.79 Å². The van der Waals surface area contributed by atoms with Gasteiger partial charge in [0.15, 0.2) is 0 Å². The van der Waals surface area contributed by atoms with Crippen LogP contribution >= 0.6 is 0 Å². The molecule has 0 aliphatic carbocycles. The number of carbonyl (C=O) groups is 4. The third-order valence-electron chi connectivity index (χ3n) is 2.88. The summed E-state index contributed by atoms with van der Waals surface area (Å²) in [4.78, 5) is 45.9. The first-order valence-electron chi connectivity index (χ1n) is 7.39. The monoisotopic (exact) mass is 327 g/mol. The average Bonchev–Trinajstić information content (AvgIpc) is 2.43. The fourth-order valence-corrected chi connectivity index (χ4v) is 1.75. The number of nitrogens with two attached hydrogens (primary N) is 1. The lowest BCUT2D eigenvalue weighted by Crippen LogP contribution is -2.54. The second-order valence-electron chi connectivity index (χ2n) is 5.28. The third-order valence-corrected chi connectivity index (χ3v) is 2.88. The van der Waals surface area contributed by atoms with E-state index in [1.54, 1.807) is 20.8 Å². The van der Waals surface area contributed by atoms with Crippen LogP contribution in [-0.4, -0.2) is 42.4 Å². The SMILES string of the molecule is CCOC(=O)/C=C/C[C@H](NC(=O)[C@H](NC(C)=O)C(C)C)C(N)=O. The van der Waals surface area contributed by atoms with Crippen LogP contribution in [0.4, 0.5) is 0 Å². The molecule has 2 atom stereocenters. The van der Waals surface area contributed by atoms with Crippen molar-refractivity contribution >= 4 is 23.7 Å². The molecule has 0 radical (unpaired) electrons. The van der Waals surface area contributed by atoms with Crippen molar-refractivity contribution in [2.24, 2.45) is 11.7 Å². The van der Waals surface area contributed by atoms with Crippen molar-refractivity contribution in [2.75, 3.05) is 6.61 Å². The standard InChI is InChI=1S/C15H25N3O5/c1-5-23-12(20)8-6-7-11(14(16)21)18-15(22)13(9(2)3)17-10(4)19/h6,8-9,11,13H,5,7H2,1-4H3,(H2,16,21)(H,17,19)(H,18,22)/b8-6+/t11-,13+/m0/s1. The van der Waals surface area contributed by atoms with Crippen molar-refractivity contribution in [1.82, 2.24) is 10.6 Å². The zero-order valence-electron chi connectivity index (χ0n) is 13.9. The van der Waals surface area contributed by atoms with Crippen molar-refractivity contribution in [1.29, 1.82) is 0 Å². The maximum atomic E-state index is 12.2. The molecule has 8 heteroatoms. The third kappa shape index (κ3) is 8.60. The summed E-state index contributed by atoms with van der Waals surface area (Å²) in [6, 6.07) is -1.76. The molecule has 130 valence electrons. The Morgan fingerprint density at radius 1 is 1.17 bits per heavy atom. The topological polar surface area (TPSA) is 128 Å². The Labute approximate surface area is 135 Å². The highest BCUT2D eigenvalue weighted by Gasteiger charge is 2.26. The van der Waals surface area contributed by atoms with Crippen LogP contribution in [0.15, 0.2) is 12.2 Å². The summed E-state index contributed by atoms with van der Waals surface area (Å²) in [5, 5.41) is 5.00. The second kappa shape index (κ2) is 10.4. The molecule has 0 aromatic carbocycles. The molecule has 0 unspecified atom stereocenters. The molecule has 0 saturated carbocycles. The van der Waals surface area contributed by atoms with Crippen molar-refractivity contribution in [3.8, 4) is 0 Å². The van der Waals surface area contributed by atoms with E-state index in [1.165, 1.54) is 19.1 Å². The first kappa shape index (κ1) is 20.6. The fourth-order valence-electron chi connectivity index (χ4n) is 1.75. The summed E-state index contributed by atoms with van der Waals surface area (Å²) < 4.78 is 4.70. The first-order chi connectivity index (χ1) is 10.7. The van der Waals surface area contributed by atoms with Gasteiger partial charge in [-0.3, -0.25) is 14.4 Å². The van der Waals surface area contributed by atoms with Gasteiger partial charge in [0.05, 0.1) is 6.61 Å². The molecule has 0 spiro atoms. The molecule has 0 saturated heterocycles. The average molecular weight is 327 g/mol. The molecule has 23 heavy (non-hydrogen) atoms. The smallest absolute Gasteiger partial charge is 0.330 e. The molecule has 8 nitrogen and oxygen atoms in total. The molecule has 0 aliphatic rings. The minimum Gasteiger partial charge on any atom is -0.463 e. The van der Waals surface area contributed by atoms with E-state index < -0.39 is 29.9 Å². The van der Waals surface area contributed by atoms with Crippen molar-refractivity contribution in [3.63, 3.8) is 0 Å². The van der Waals surface area contributed by atoms with E-state index in [4.69, 9.17) is 10.5 Å². The number of carbonyl (C=O) groups excluding carboxylic acids is 4. The van der Waals surface area contributed by atoms with Gasteiger partial charge in [0.1, 0.15) is 12.1 Å². The van der Waals surface area contributed by atoms with Crippen LogP contribution in [-0.2, 0) is 23.9 Å². The molecular weight excluding hydrogens is 302 g/mol. The molecule has 0 aromatic heterocycles. The summed E-state index contributed by atoms with van der Waals surface area (Å²) in [6.07, 6.45) is 2.61. The Kier molecular flexibility index (Phi) is 9.29. The normalized spacial score (nSPS) is 13.4. The van der Waals surface area contributed by atoms with Gasteiger partial charge in [-0.2, -0.15) is 0 Å². The number of nitrogens with one attached hydrogen (secondary N) is 2. The molecule has 3 amide bonds. The number of hydrogen-bond donors (Lipinski definition) is 3. The Morgan fingerprint density at radius 2 is 1.78 bits per heavy atom. The molecule has 0 rings (SSSR count). The van der Waals surface area contributed by atoms with E-state index in [0.29, 0.717) is 0 Å². The minimum absolute atomic E-state index is 0.0464. The van der Waals surface area contributed by atoms with Gasteiger partial charge in [0.25, 0.3) is 0 Å². The zero-order valence-corrected chi connectivity index (χ0v) is 13.9. The van der Waals surface area contributed by atoms with E-state index in [9.17, 15) is 19.2 Å². The fraction of sp³-hybridized carbons (Fsp3) is 0.600. The van der Waals surface area contributed by atoms with Crippen molar-refractivity contribution < 1.29 is 23.9 Å². The number of primary amides is 1. The van der Waals surface area contributed by atoms with Crippen molar-refractivity contribution in [3.05, 3.63) is 12.2 Å². The van der Waals surface area contributed by atoms with E-state index in [0.717, 1.165) is 0 Å². The van der Waals surface area contributed by atoms with Crippen LogP contribution in [0, 0.1) is 5.92 Å². The summed E-state index contributed by atoms with van der Waals surface area (Å²) in [7, 11) is 0. The number of ether oxygens (including phenoxy) is 1. The largest absolute Gasteiger partial charge is 0.463 e. The molecule has 0 heterocycles. The Hall–Kier alpha value is -2.38.